The van der Waals surface area contributed by atoms with Crippen LogP contribution in [0.5, 0.6) is 11.5 Å². The van der Waals surface area contributed by atoms with Gasteiger partial charge >= 0.3 is 11.6 Å². The summed E-state index contributed by atoms with van der Waals surface area (Å²) in [4.78, 5) is 18.5. The molecule has 222 valence electrons. The number of carbonyl (C=O) groups is 1. The zero-order valence-corrected chi connectivity index (χ0v) is 22.7. The first-order valence-corrected chi connectivity index (χ1v) is 13.3. The molecule has 5 rings (SSSR count). The maximum Gasteiger partial charge on any atom is 0.325 e. The van der Waals surface area contributed by atoms with E-state index < -0.39 is 29.8 Å². The summed E-state index contributed by atoms with van der Waals surface area (Å²) in [5.74, 6) is -2.33. The van der Waals surface area contributed by atoms with E-state index in [0.29, 0.717) is 10.3 Å². The molecular weight excluding hydrogens is 565 g/mol. The van der Waals surface area contributed by atoms with Crippen molar-refractivity contribution in [1.82, 2.24) is 9.88 Å². The van der Waals surface area contributed by atoms with Gasteiger partial charge in [-0.1, -0.05) is 0 Å². The predicted octanol–water partition coefficient (Wildman–Crippen LogP) is 4.30. The molecule has 1 aliphatic heterocycles. The molecule has 6 N–H and O–H groups in total. The van der Waals surface area contributed by atoms with Gasteiger partial charge in [0.15, 0.2) is 11.6 Å². The van der Waals surface area contributed by atoms with E-state index in [9.17, 15) is 23.9 Å². The van der Waals surface area contributed by atoms with E-state index >= 15 is 4.39 Å². The molecule has 1 aliphatic rings. The molecule has 3 heterocycles. The molecular formula is C30H28F3N6O4+. The van der Waals surface area contributed by atoms with Gasteiger partial charge in [-0.2, -0.15) is 0 Å². The van der Waals surface area contributed by atoms with Gasteiger partial charge in [0.25, 0.3) is 5.69 Å². The Hall–Kier alpha value is -5.17. The fraction of sp³-hybridized carbons (Fsp3) is 0.200. The zero-order chi connectivity index (χ0) is 30.7. The second-order valence-corrected chi connectivity index (χ2v) is 10.0. The number of piperidine rings is 1. The Morgan fingerprint density at radius 1 is 1.09 bits per heavy atom. The first-order chi connectivity index (χ1) is 20.6. The monoisotopic (exact) mass is 593 g/mol. The summed E-state index contributed by atoms with van der Waals surface area (Å²) in [6.45, 7) is -0.282. The average molecular weight is 594 g/mol. The Bertz CT molecular complexity index is 1680. The van der Waals surface area contributed by atoms with Crippen LogP contribution in [-0.4, -0.2) is 57.3 Å². The van der Waals surface area contributed by atoms with E-state index in [4.69, 9.17) is 15.9 Å². The summed E-state index contributed by atoms with van der Waals surface area (Å²) in [6.07, 6.45) is 1.39. The second-order valence-electron chi connectivity index (χ2n) is 10.0. The molecule has 43 heavy (non-hydrogen) atoms. The summed E-state index contributed by atoms with van der Waals surface area (Å²) in [5, 5.41) is 31.1. The third-order valence-corrected chi connectivity index (χ3v) is 7.18. The van der Waals surface area contributed by atoms with Crippen LogP contribution in [0.25, 0.3) is 11.3 Å². The van der Waals surface area contributed by atoms with Crippen LogP contribution in [0.4, 0.5) is 24.7 Å². The fourth-order valence-corrected chi connectivity index (χ4v) is 4.72. The van der Waals surface area contributed by atoms with Crippen LogP contribution >= 0.6 is 0 Å². The van der Waals surface area contributed by atoms with E-state index in [1.807, 2.05) is 0 Å². The van der Waals surface area contributed by atoms with Crippen LogP contribution in [-0.2, 0) is 0 Å². The minimum atomic E-state index is -1.71. The van der Waals surface area contributed by atoms with Crippen molar-refractivity contribution in [1.29, 1.82) is 5.41 Å². The van der Waals surface area contributed by atoms with Crippen molar-refractivity contribution in [3.05, 3.63) is 95.8 Å². The molecule has 1 saturated heterocycles. The third-order valence-electron chi connectivity index (χ3n) is 7.18. The molecule has 0 bridgehead atoms. The summed E-state index contributed by atoms with van der Waals surface area (Å²) in [6, 6.07) is 14.9. The van der Waals surface area contributed by atoms with Gasteiger partial charge in [0.05, 0.1) is 12.2 Å². The first-order valence-electron chi connectivity index (χ1n) is 13.3. The highest BCUT2D eigenvalue weighted by atomic mass is 19.1. The minimum Gasteiger partial charge on any atom is -0.453 e. The number of nitrogens with zero attached hydrogens (tertiary/aromatic N) is 3. The number of hydrogen-bond donors (Lipinski definition) is 5. The van der Waals surface area contributed by atoms with Gasteiger partial charge in [-0.25, -0.2) is 18.2 Å². The number of halogens is 3. The molecule has 1 fully saturated rings. The number of aromatic nitrogens is 2. The smallest absolute Gasteiger partial charge is 0.325 e. The highest BCUT2D eigenvalue weighted by molar-refractivity contribution is 6.03. The number of hydrogen-bond acceptors (Lipinski definition) is 7. The number of aliphatic hydroxyl groups is 1. The molecule has 2 aromatic carbocycles. The number of benzene rings is 2. The topological polar surface area (TPSA) is 149 Å². The summed E-state index contributed by atoms with van der Waals surface area (Å²) < 4.78 is 49.4. The molecule has 0 radical (unpaired) electrons. The van der Waals surface area contributed by atoms with Gasteiger partial charge in [0.2, 0.25) is 0 Å². The average Bonchev–Trinajstić information content (AvgIpc) is 2.99. The van der Waals surface area contributed by atoms with E-state index in [0.717, 1.165) is 6.07 Å². The number of alkyl halides is 1. The lowest BCUT2D eigenvalue weighted by atomic mass is 9.94. The van der Waals surface area contributed by atoms with Gasteiger partial charge in [-0.15, -0.1) is 0 Å². The SMILES string of the molecule is N=C(c1c(Oc2ccc(NC(=O)c3cccc(-c4ccc(F)cc4)[n+]3O)cc2F)ccnc1N)N1CCC(F)(CO)CC1. The molecule has 2 aromatic heterocycles. The van der Waals surface area contributed by atoms with Crippen molar-refractivity contribution >= 4 is 23.2 Å². The van der Waals surface area contributed by atoms with Gasteiger partial charge in [0.1, 0.15) is 34.5 Å². The number of nitrogen functional groups attached to an aromatic ring is 1. The lowest BCUT2D eigenvalue weighted by molar-refractivity contribution is -0.897. The van der Waals surface area contributed by atoms with Crippen LogP contribution in [0.3, 0.4) is 0 Å². The lowest BCUT2D eigenvalue weighted by Gasteiger charge is -2.36. The number of nitrogens with two attached hydrogens (primary N) is 1. The quantitative estimate of drug-likeness (QED) is 0.0929. The number of carbonyl (C=O) groups excluding carboxylic acids is 1. The number of amidine groups is 1. The van der Waals surface area contributed by atoms with Crippen molar-refractivity contribution in [2.24, 2.45) is 0 Å². The molecule has 4 aromatic rings. The minimum absolute atomic E-state index is 0.0247. The van der Waals surface area contributed by atoms with Crippen LogP contribution in [0.2, 0.25) is 0 Å². The predicted molar refractivity (Wildman–Crippen MR) is 151 cm³/mol. The first kappa shape index (κ1) is 29.3. The Kier molecular flexibility index (Phi) is 8.17. The molecule has 13 heteroatoms. The second kappa shape index (κ2) is 12.0. The Labute approximate surface area is 244 Å². The number of amides is 1. The molecule has 0 spiro atoms. The summed E-state index contributed by atoms with van der Waals surface area (Å²) in [7, 11) is 0. The zero-order valence-electron chi connectivity index (χ0n) is 22.7. The van der Waals surface area contributed by atoms with E-state index in [2.05, 4.69) is 10.3 Å². The van der Waals surface area contributed by atoms with Crippen LogP contribution < -0.4 is 20.5 Å². The van der Waals surface area contributed by atoms with Gasteiger partial charge < -0.3 is 25.8 Å². The number of pyridine rings is 2. The van der Waals surface area contributed by atoms with Crippen molar-refractivity contribution in [2.75, 3.05) is 30.7 Å². The van der Waals surface area contributed by atoms with Gasteiger partial charge in [0, 0.05) is 66.8 Å². The van der Waals surface area contributed by atoms with Gasteiger partial charge in [-0.3, -0.25) is 15.4 Å². The normalized spacial score (nSPS) is 14.3. The van der Waals surface area contributed by atoms with Crippen LogP contribution in [0.1, 0.15) is 28.9 Å². The summed E-state index contributed by atoms with van der Waals surface area (Å²) in [5.41, 5.74) is 5.06. The van der Waals surface area contributed by atoms with Crippen molar-refractivity contribution in [3.8, 4) is 22.8 Å². The van der Waals surface area contributed by atoms with Crippen LogP contribution in [0.15, 0.2) is 72.9 Å². The highest BCUT2D eigenvalue weighted by Gasteiger charge is 2.35. The fourth-order valence-electron chi connectivity index (χ4n) is 4.72. The third kappa shape index (κ3) is 6.21. The molecule has 0 unspecified atom stereocenters. The lowest BCUT2D eigenvalue weighted by Crippen LogP contribution is -2.46. The van der Waals surface area contributed by atoms with Crippen molar-refractivity contribution < 1.29 is 37.7 Å². The van der Waals surface area contributed by atoms with E-state index in [-0.39, 0.29) is 71.7 Å². The number of ether oxygens (including phenoxy) is 1. The standard InChI is InChI=1S/C30H27F3N6O4/c31-19-6-4-18(5-7-19)22-2-1-3-23(39(22)42)29(41)37-20-8-9-24(21(32)16-20)43-25-10-13-36-27(34)26(25)28(35)38-14-11-30(33,17-40)12-15-38/h1-10,13,16,40H,11-12,14-15,17H2,(H4-,34,35,36,37,41,42)/p+1. The van der Waals surface area contributed by atoms with E-state index in [1.165, 1.54) is 60.8 Å². The number of anilines is 2. The Morgan fingerprint density at radius 3 is 2.49 bits per heavy atom. The van der Waals surface area contributed by atoms with Crippen molar-refractivity contribution in [3.63, 3.8) is 0 Å². The number of aliphatic hydroxyl groups excluding tert-OH is 1. The number of rotatable bonds is 7. The van der Waals surface area contributed by atoms with E-state index in [1.54, 1.807) is 11.0 Å². The Balaban J connectivity index is 1.32. The van der Waals surface area contributed by atoms with Crippen molar-refractivity contribution in [2.45, 2.75) is 18.5 Å². The largest absolute Gasteiger partial charge is 0.453 e. The number of nitrogens with one attached hydrogen (secondary N) is 2. The summed E-state index contributed by atoms with van der Waals surface area (Å²) >= 11 is 0. The molecule has 0 saturated carbocycles. The molecule has 10 nitrogen and oxygen atoms in total. The van der Waals surface area contributed by atoms with Gasteiger partial charge in [-0.05, 0) is 42.5 Å². The molecule has 0 aliphatic carbocycles. The molecule has 0 atom stereocenters. The Morgan fingerprint density at radius 2 is 1.81 bits per heavy atom. The van der Waals surface area contributed by atoms with Crippen LogP contribution in [0, 0.1) is 17.0 Å². The maximum absolute atomic E-state index is 15.2. The molecule has 1 amide bonds. The highest BCUT2D eigenvalue weighted by Crippen LogP contribution is 2.34. The number of likely N-dealkylation sites (tertiary alicyclic amines) is 1. The maximum atomic E-state index is 15.2.